The minimum absolute atomic E-state index is 0.0750. The molecule has 1 aliphatic rings. The van der Waals surface area contributed by atoms with Crippen LogP contribution in [0.15, 0.2) is 10.2 Å². The number of hydrogen-bond acceptors (Lipinski definition) is 4. The Labute approximate surface area is 104 Å². The Hall–Kier alpha value is -1.14. The second kappa shape index (κ2) is 5.01. The predicted molar refractivity (Wildman–Crippen MR) is 67.0 cm³/mol. The van der Waals surface area contributed by atoms with Crippen molar-refractivity contribution in [1.29, 1.82) is 0 Å². The summed E-state index contributed by atoms with van der Waals surface area (Å²) in [5, 5.41) is 7.88. The molecule has 1 amide bonds. The largest absolute Gasteiger partial charge is 0.350 e. The molecule has 0 aromatic carbocycles. The third-order valence-electron chi connectivity index (χ3n) is 3.27. The van der Waals surface area contributed by atoms with Crippen LogP contribution in [0.3, 0.4) is 0 Å². The van der Waals surface area contributed by atoms with Gasteiger partial charge in [0.2, 0.25) is 5.91 Å². The zero-order valence-electron chi connectivity index (χ0n) is 9.84. The quantitative estimate of drug-likeness (QED) is 0.734. The zero-order chi connectivity index (χ0) is 12.3. The molecule has 0 bridgehead atoms. The van der Waals surface area contributed by atoms with Crippen molar-refractivity contribution >= 4 is 17.2 Å². The Bertz CT molecular complexity index is 446. The summed E-state index contributed by atoms with van der Waals surface area (Å²) in [6.45, 7) is 4.18. The van der Waals surface area contributed by atoms with Crippen LogP contribution in [0, 0.1) is 5.41 Å². The Kier molecular flexibility index (Phi) is 3.63. The van der Waals surface area contributed by atoms with Crippen LogP contribution in [0.5, 0.6) is 0 Å². The van der Waals surface area contributed by atoms with Gasteiger partial charge < -0.3 is 15.6 Å². The molecule has 0 aliphatic carbocycles. The summed E-state index contributed by atoms with van der Waals surface area (Å²) in [7, 11) is 0. The summed E-state index contributed by atoms with van der Waals surface area (Å²) in [6.07, 6.45) is 1.72. The number of amides is 1. The highest BCUT2D eigenvalue weighted by atomic mass is 32.1. The van der Waals surface area contributed by atoms with E-state index in [0.29, 0.717) is 6.54 Å². The molecule has 0 spiro atoms. The highest BCUT2D eigenvalue weighted by Crippen LogP contribution is 2.27. The van der Waals surface area contributed by atoms with E-state index in [1.165, 1.54) is 0 Å². The fraction of sp³-hybridized carbons (Fsp3) is 0.636. The van der Waals surface area contributed by atoms with Gasteiger partial charge in [-0.2, -0.15) is 0 Å². The van der Waals surface area contributed by atoms with Crippen LogP contribution in [0.4, 0.5) is 0 Å². The highest BCUT2D eigenvalue weighted by Gasteiger charge is 2.34. The molecule has 5 nitrogen and oxygen atoms in total. The first-order chi connectivity index (χ1) is 8.10. The van der Waals surface area contributed by atoms with Gasteiger partial charge in [0.25, 0.3) is 0 Å². The van der Waals surface area contributed by atoms with Gasteiger partial charge in [-0.1, -0.05) is 18.3 Å². The van der Waals surface area contributed by atoms with E-state index in [-0.39, 0.29) is 16.2 Å². The van der Waals surface area contributed by atoms with Gasteiger partial charge in [-0.3, -0.25) is 9.59 Å². The van der Waals surface area contributed by atoms with Gasteiger partial charge in [-0.15, -0.1) is 0 Å². The first-order valence-electron chi connectivity index (χ1n) is 5.76. The van der Waals surface area contributed by atoms with Crippen LogP contribution >= 0.6 is 11.3 Å². The summed E-state index contributed by atoms with van der Waals surface area (Å²) >= 11 is 1.12. The number of hydrogen-bond donors (Lipinski definition) is 3. The van der Waals surface area contributed by atoms with Crippen molar-refractivity contribution in [3.63, 3.8) is 0 Å². The van der Waals surface area contributed by atoms with E-state index >= 15 is 0 Å². The van der Waals surface area contributed by atoms with Gasteiger partial charge in [0.05, 0.1) is 6.54 Å². The minimum atomic E-state index is -0.276. The van der Waals surface area contributed by atoms with Crippen molar-refractivity contribution in [2.24, 2.45) is 5.41 Å². The van der Waals surface area contributed by atoms with E-state index in [9.17, 15) is 9.59 Å². The number of nitrogens with one attached hydrogen (secondary N) is 3. The molecule has 2 rings (SSSR count). The predicted octanol–water partition coefficient (Wildman–Crippen LogP) is 0.442. The number of rotatable bonds is 3. The van der Waals surface area contributed by atoms with E-state index in [0.717, 1.165) is 43.0 Å². The van der Waals surface area contributed by atoms with Gasteiger partial charge >= 0.3 is 4.87 Å². The summed E-state index contributed by atoms with van der Waals surface area (Å²) in [4.78, 5) is 25.6. The summed E-state index contributed by atoms with van der Waals surface area (Å²) < 4.78 is 0. The summed E-state index contributed by atoms with van der Waals surface area (Å²) in [5.41, 5.74) is 0.493. The van der Waals surface area contributed by atoms with Crippen molar-refractivity contribution < 1.29 is 4.79 Å². The molecular weight excluding hydrogens is 238 g/mol. The van der Waals surface area contributed by atoms with Crippen molar-refractivity contribution in [2.45, 2.75) is 26.3 Å². The number of H-pyrrole nitrogens is 1. The molecule has 1 aromatic heterocycles. The number of aromatic nitrogens is 1. The Morgan fingerprint density at radius 1 is 1.53 bits per heavy atom. The van der Waals surface area contributed by atoms with E-state index < -0.39 is 0 Å². The number of thiazole rings is 1. The standard InChI is InChI=1S/C11H17N3O2S/c1-11(2-4-12-5-3-11)9(15)13-6-8-7-17-10(16)14-8/h7,12H,2-6H2,1H3,(H,13,15)(H,14,16). The number of aromatic amines is 1. The maximum absolute atomic E-state index is 12.1. The molecule has 0 unspecified atom stereocenters. The lowest BCUT2D eigenvalue weighted by Gasteiger charge is -2.32. The molecule has 94 valence electrons. The normalized spacial score (nSPS) is 18.9. The molecule has 1 aromatic rings. The second-order valence-electron chi connectivity index (χ2n) is 4.67. The molecule has 17 heavy (non-hydrogen) atoms. The maximum atomic E-state index is 12.1. The van der Waals surface area contributed by atoms with Gasteiger partial charge in [-0.25, -0.2) is 0 Å². The average molecular weight is 255 g/mol. The van der Waals surface area contributed by atoms with Gasteiger partial charge in [0.1, 0.15) is 0 Å². The van der Waals surface area contributed by atoms with E-state index in [2.05, 4.69) is 15.6 Å². The number of carbonyl (C=O) groups excluding carboxylic acids is 1. The lowest BCUT2D eigenvalue weighted by Crippen LogP contribution is -2.45. The molecule has 0 atom stereocenters. The smallest absolute Gasteiger partial charge is 0.304 e. The number of piperidine rings is 1. The molecular formula is C11H17N3O2S. The fourth-order valence-electron chi connectivity index (χ4n) is 2.00. The third-order valence-corrected chi connectivity index (χ3v) is 3.98. The van der Waals surface area contributed by atoms with Crippen molar-refractivity contribution in [1.82, 2.24) is 15.6 Å². The third kappa shape index (κ3) is 2.95. The van der Waals surface area contributed by atoms with Crippen LogP contribution in [0.2, 0.25) is 0 Å². The molecule has 6 heteroatoms. The Balaban J connectivity index is 1.90. The molecule has 3 N–H and O–H groups in total. The van der Waals surface area contributed by atoms with Crippen LogP contribution in [-0.4, -0.2) is 24.0 Å². The maximum Gasteiger partial charge on any atom is 0.304 e. The average Bonchev–Trinajstić information content (AvgIpc) is 2.73. The number of carbonyl (C=O) groups is 1. The van der Waals surface area contributed by atoms with Crippen molar-refractivity contribution in [2.75, 3.05) is 13.1 Å². The minimum Gasteiger partial charge on any atom is -0.350 e. The molecule has 2 heterocycles. The lowest BCUT2D eigenvalue weighted by atomic mass is 9.80. The van der Waals surface area contributed by atoms with E-state index in [4.69, 9.17) is 0 Å². The fourth-order valence-corrected chi connectivity index (χ4v) is 2.58. The zero-order valence-corrected chi connectivity index (χ0v) is 10.7. The van der Waals surface area contributed by atoms with E-state index in [1.54, 1.807) is 5.38 Å². The van der Waals surface area contributed by atoms with Gasteiger partial charge in [0.15, 0.2) is 0 Å². The second-order valence-corrected chi connectivity index (χ2v) is 5.51. The van der Waals surface area contributed by atoms with Crippen LogP contribution in [0.1, 0.15) is 25.5 Å². The van der Waals surface area contributed by atoms with Crippen molar-refractivity contribution in [3.8, 4) is 0 Å². The molecule has 1 aliphatic heterocycles. The van der Waals surface area contributed by atoms with Crippen LogP contribution < -0.4 is 15.5 Å². The lowest BCUT2D eigenvalue weighted by molar-refractivity contribution is -0.131. The first-order valence-corrected chi connectivity index (χ1v) is 6.64. The van der Waals surface area contributed by atoms with Crippen molar-refractivity contribution in [3.05, 3.63) is 20.7 Å². The Morgan fingerprint density at radius 2 is 2.24 bits per heavy atom. The van der Waals surface area contributed by atoms with E-state index in [1.807, 2.05) is 6.92 Å². The monoisotopic (exact) mass is 255 g/mol. The van der Waals surface area contributed by atoms with Gasteiger partial charge in [-0.05, 0) is 25.9 Å². The van der Waals surface area contributed by atoms with Crippen LogP contribution in [0.25, 0.3) is 0 Å². The molecule has 0 radical (unpaired) electrons. The summed E-state index contributed by atoms with van der Waals surface area (Å²) in [6, 6.07) is 0. The highest BCUT2D eigenvalue weighted by molar-refractivity contribution is 7.07. The van der Waals surface area contributed by atoms with Gasteiger partial charge in [0, 0.05) is 16.5 Å². The molecule has 0 saturated carbocycles. The molecule has 1 fully saturated rings. The van der Waals surface area contributed by atoms with Crippen LogP contribution in [-0.2, 0) is 11.3 Å². The summed E-state index contributed by atoms with van der Waals surface area (Å²) in [5.74, 6) is 0.0750. The topological polar surface area (TPSA) is 74.0 Å². The SMILES string of the molecule is CC1(C(=O)NCc2csc(=O)[nH]2)CCNCC1. The first kappa shape index (κ1) is 12.3. The molecule has 1 saturated heterocycles. The Morgan fingerprint density at radius 3 is 2.82 bits per heavy atom.